The van der Waals surface area contributed by atoms with Crippen molar-refractivity contribution in [2.75, 3.05) is 31.1 Å². The van der Waals surface area contributed by atoms with Crippen LogP contribution in [0, 0.1) is 5.82 Å². The Morgan fingerprint density at radius 2 is 1.86 bits per heavy atom. The van der Waals surface area contributed by atoms with Crippen LogP contribution < -0.4 is 15.2 Å². The molecule has 3 atom stereocenters. The summed E-state index contributed by atoms with van der Waals surface area (Å²) in [5.74, 6) is -0.523. The Morgan fingerprint density at radius 1 is 1.11 bits per heavy atom. The van der Waals surface area contributed by atoms with Crippen LogP contribution in [0.1, 0.15) is 31.1 Å². The Bertz CT molecular complexity index is 1300. The largest absolute Gasteiger partial charge is 0.598 e. The van der Waals surface area contributed by atoms with Crippen LogP contribution in [0.4, 0.5) is 14.5 Å². The quantitative estimate of drug-likeness (QED) is 0.469. The molecule has 2 aromatic carbocycles. The zero-order chi connectivity index (χ0) is 25.4. The van der Waals surface area contributed by atoms with Crippen LogP contribution in [-0.2, 0) is 17.8 Å². The number of benzene rings is 2. The molecule has 0 N–H and O–H groups in total. The number of piperazine rings is 1. The third-order valence-electron chi connectivity index (χ3n) is 6.57. The Hall–Kier alpha value is -2.95. The molecule has 2 heterocycles. The fraction of sp³-hybridized carbons (Fsp3) is 0.385. The molecule has 1 aromatic heterocycles. The highest BCUT2D eigenvalue weighted by Gasteiger charge is 2.36. The second-order valence-corrected chi connectivity index (χ2v) is 11.3. The molecule has 2 aliphatic rings. The van der Waals surface area contributed by atoms with Crippen molar-refractivity contribution < 1.29 is 18.1 Å². The summed E-state index contributed by atoms with van der Waals surface area (Å²) in [4.78, 5) is 15.6. The number of fused-ring (bicyclic) bond motifs is 1. The molecule has 1 aliphatic heterocycles. The number of nitrogens with zero attached hydrogens (tertiary/aromatic N) is 4. The van der Waals surface area contributed by atoms with Gasteiger partial charge in [0, 0.05) is 30.9 Å². The molecule has 3 unspecified atom stereocenters. The maximum atomic E-state index is 15.3. The third kappa shape index (κ3) is 4.72. The highest BCUT2D eigenvalue weighted by Crippen LogP contribution is 2.38. The lowest BCUT2D eigenvalue weighted by Crippen LogP contribution is -2.50. The summed E-state index contributed by atoms with van der Waals surface area (Å²) in [5.41, 5.74) is 1.52. The monoisotopic (exact) mass is 514 g/mol. The second kappa shape index (κ2) is 10.2. The topological polar surface area (TPSA) is 73.7 Å². The zero-order valence-corrected chi connectivity index (χ0v) is 21.0. The summed E-state index contributed by atoms with van der Waals surface area (Å²) in [7, 11) is 0. The standard InChI is InChI=1S/C26H28F2N4O3S/c1-17(2)36(34)31-12-10-30(11-13-31)22-16-29-32(20-8-5-7-19(27)15-20)26(33)25(22)35-23-14-18-6-3-4-9-21(18)24(23)28/h3-9,15-17,23-24H,10-14H2,1-2H3. The molecule has 190 valence electrons. The molecule has 7 nitrogen and oxygen atoms in total. The van der Waals surface area contributed by atoms with E-state index in [0.29, 0.717) is 43.9 Å². The number of anilines is 1. The molecule has 10 heteroatoms. The van der Waals surface area contributed by atoms with E-state index in [4.69, 9.17) is 4.74 Å². The average Bonchev–Trinajstić information content (AvgIpc) is 3.20. The summed E-state index contributed by atoms with van der Waals surface area (Å²) in [5, 5.41) is 4.30. The van der Waals surface area contributed by atoms with Crippen molar-refractivity contribution in [2.45, 2.75) is 37.8 Å². The van der Waals surface area contributed by atoms with Gasteiger partial charge in [-0.2, -0.15) is 9.78 Å². The smallest absolute Gasteiger partial charge is 0.316 e. The van der Waals surface area contributed by atoms with Crippen LogP contribution in [0.15, 0.2) is 59.5 Å². The van der Waals surface area contributed by atoms with Crippen LogP contribution >= 0.6 is 0 Å². The predicted molar refractivity (Wildman–Crippen MR) is 135 cm³/mol. The molecule has 0 radical (unpaired) electrons. The summed E-state index contributed by atoms with van der Waals surface area (Å²) < 4.78 is 50.8. The first-order valence-electron chi connectivity index (χ1n) is 12.0. The van der Waals surface area contributed by atoms with Crippen molar-refractivity contribution >= 4 is 17.0 Å². The lowest BCUT2D eigenvalue weighted by Gasteiger charge is -2.37. The maximum absolute atomic E-state index is 15.3. The van der Waals surface area contributed by atoms with E-state index in [-0.39, 0.29) is 16.7 Å². The van der Waals surface area contributed by atoms with E-state index in [1.807, 2.05) is 35.2 Å². The number of ether oxygens (including phenoxy) is 1. The van der Waals surface area contributed by atoms with Gasteiger partial charge in [-0.15, -0.1) is 4.31 Å². The molecular formula is C26H28F2N4O3S. The Balaban J connectivity index is 1.48. The van der Waals surface area contributed by atoms with Gasteiger partial charge in [-0.25, -0.2) is 8.78 Å². The highest BCUT2D eigenvalue weighted by atomic mass is 32.2. The van der Waals surface area contributed by atoms with Crippen LogP contribution in [0.2, 0.25) is 0 Å². The SMILES string of the molecule is CC(C)[S+]([O-])N1CCN(c2cnn(-c3cccc(F)c3)c(=O)c2OC2Cc3ccccc3C2F)CC1. The Kier molecular flexibility index (Phi) is 7.00. The molecule has 1 saturated heterocycles. The molecule has 0 saturated carbocycles. The second-order valence-electron chi connectivity index (χ2n) is 9.26. The summed E-state index contributed by atoms with van der Waals surface area (Å²) in [6, 6.07) is 12.8. The molecule has 0 bridgehead atoms. The van der Waals surface area contributed by atoms with Gasteiger partial charge in [-0.05, 0) is 43.2 Å². The van der Waals surface area contributed by atoms with Crippen LogP contribution in [0.25, 0.3) is 5.69 Å². The number of aromatic nitrogens is 2. The van der Waals surface area contributed by atoms with Gasteiger partial charge < -0.3 is 14.2 Å². The summed E-state index contributed by atoms with van der Waals surface area (Å²) in [6.07, 6.45) is -0.410. The van der Waals surface area contributed by atoms with Crippen molar-refractivity contribution in [1.82, 2.24) is 14.1 Å². The van der Waals surface area contributed by atoms with E-state index in [0.717, 1.165) is 10.2 Å². The van der Waals surface area contributed by atoms with E-state index < -0.39 is 35.0 Å². The van der Waals surface area contributed by atoms with Crippen LogP contribution in [-0.4, -0.2) is 56.2 Å². The third-order valence-corrected chi connectivity index (χ3v) is 8.25. The first-order valence-corrected chi connectivity index (χ1v) is 13.2. The molecule has 1 aliphatic carbocycles. The highest BCUT2D eigenvalue weighted by molar-refractivity contribution is 7.89. The normalized spacial score (nSPS) is 21.0. The van der Waals surface area contributed by atoms with Gasteiger partial charge in [0.05, 0.1) is 25.0 Å². The van der Waals surface area contributed by atoms with E-state index in [1.165, 1.54) is 24.4 Å². The average molecular weight is 515 g/mol. The van der Waals surface area contributed by atoms with Gasteiger partial charge in [0.25, 0.3) is 0 Å². The van der Waals surface area contributed by atoms with E-state index >= 15 is 4.39 Å². The summed E-state index contributed by atoms with van der Waals surface area (Å²) >= 11 is -1.09. The van der Waals surface area contributed by atoms with Crippen molar-refractivity contribution in [1.29, 1.82) is 0 Å². The first-order chi connectivity index (χ1) is 17.3. The van der Waals surface area contributed by atoms with Crippen molar-refractivity contribution in [2.24, 2.45) is 0 Å². The molecule has 36 heavy (non-hydrogen) atoms. The maximum Gasteiger partial charge on any atom is 0.316 e. The van der Waals surface area contributed by atoms with Crippen LogP contribution in [0.3, 0.4) is 0 Å². The molecule has 1 fully saturated rings. The van der Waals surface area contributed by atoms with E-state index in [9.17, 15) is 13.7 Å². The number of alkyl halides is 1. The minimum atomic E-state index is -1.38. The van der Waals surface area contributed by atoms with Crippen LogP contribution in [0.5, 0.6) is 5.75 Å². The van der Waals surface area contributed by atoms with Crippen molar-refractivity contribution in [3.63, 3.8) is 0 Å². The van der Waals surface area contributed by atoms with Gasteiger partial charge in [0.15, 0.2) is 6.17 Å². The molecule has 5 rings (SSSR count). The number of hydrogen-bond acceptors (Lipinski definition) is 6. The fourth-order valence-electron chi connectivity index (χ4n) is 4.73. The number of halogens is 2. The van der Waals surface area contributed by atoms with E-state index in [2.05, 4.69) is 5.10 Å². The summed E-state index contributed by atoms with van der Waals surface area (Å²) in [6.45, 7) is 5.91. The zero-order valence-electron chi connectivity index (χ0n) is 20.1. The lowest BCUT2D eigenvalue weighted by atomic mass is 10.1. The van der Waals surface area contributed by atoms with E-state index in [1.54, 1.807) is 18.2 Å². The first kappa shape index (κ1) is 24.7. The van der Waals surface area contributed by atoms with Gasteiger partial charge in [0.1, 0.15) is 22.9 Å². The fourth-order valence-corrected chi connectivity index (χ4v) is 5.85. The minimum absolute atomic E-state index is 0.0118. The molecule has 0 amide bonds. The Labute approximate surface area is 211 Å². The predicted octanol–water partition coefficient (Wildman–Crippen LogP) is 3.58. The number of hydrogen-bond donors (Lipinski definition) is 0. The molecule has 0 spiro atoms. The molecule has 3 aromatic rings. The van der Waals surface area contributed by atoms with Crippen molar-refractivity contribution in [3.05, 3.63) is 82.0 Å². The molecular weight excluding hydrogens is 486 g/mol. The van der Waals surface area contributed by atoms with Crippen molar-refractivity contribution in [3.8, 4) is 11.4 Å². The number of rotatable bonds is 6. The Morgan fingerprint density at radius 3 is 2.56 bits per heavy atom. The lowest BCUT2D eigenvalue weighted by molar-refractivity contribution is 0.113. The van der Waals surface area contributed by atoms with Gasteiger partial charge in [0.2, 0.25) is 5.75 Å². The van der Waals surface area contributed by atoms with Gasteiger partial charge in [-0.3, -0.25) is 4.79 Å². The van der Waals surface area contributed by atoms with Gasteiger partial charge in [-0.1, -0.05) is 30.3 Å². The minimum Gasteiger partial charge on any atom is -0.598 e. The van der Waals surface area contributed by atoms with Gasteiger partial charge >= 0.3 is 5.56 Å².